The summed E-state index contributed by atoms with van der Waals surface area (Å²) in [5.41, 5.74) is 2.65. The quantitative estimate of drug-likeness (QED) is 0.278. The predicted octanol–water partition coefficient (Wildman–Crippen LogP) is 4.35. The Labute approximate surface area is 241 Å². The van der Waals surface area contributed by atoms with E-state index in [9.17, 15) is 9.59 Å². The molecule has 1 atom stereocenters. The lowest BCUT2D eigenvalue weighted by atomic mass is 9.93. The van der Waals surface area contributed by atoms with Gasteiger partial charge in [0.2, 0.25) is 0 Å². The number of rotatable bonds is 9. The van der Waals surface area contributed by atoms with Crippen molar-refractivity contribution < 1.29 is 23.7 Å². The van der Waals surface area contributed by atoms with Crippen LogP contribution in [0.4, 0.5) is 0 Å². The highest BCUT2D eigenvalue weighted by Crippen LogP contribution is 2.38. The van der Waals surface area contributed by atoms with Crippen LogP contribution in [0.25, 0.3) is 11.8 Å². The van der Waals surface area contributed by atoms with Gasteiger partial charge in [0.05, 0.1) is 49.3 Å². The molecule has 210 valence electrons. The molecule has 0 unspecified atom stereocenters. The molecule has 0 N–H and O–H groups in total. The zero-order valence-corrected chi connectivity index (χ0v) is 24.1. The fourth-order valence-electron chi connectivity index (χ4n) is 4.79. The van der Waals surface area contributed by atoms with Gasteiger partial charge in [0.25, 0.3) is 5.56 Å². The van der Waals surface area contributed by atoms with Gasteiger partial charge in [-0.05, 0) is 55.3 Å². The average Bonchev–Trinajstić information content (AvgIpc) is 3.30. The maximum Gasteiger partial charge on any atom is 0.338 e. The Morgan fingerprint density at radius 2 is 1.73 bits per heavy atom. The summed E-state index contributed by atoms with van der Waals surface area (Å²) in [5.74, 6) is 1.17. The molecule has 0 fully saturated rings. The number of hydrogen-bond donors (Lipinski definition) is 0. The average molecular weight is 571 g/mol. The van der Waals surface area contributed by atoms with Gasteiger partial charge in [-0.25, -0.2) is 9.79 Å². The molecule has 0 bridgehead atoms. The molecule has 8 nitrogen and oxygen atoms in total. The first-order valence-electron chi connectivity index (χ1n) is 13.2. The molecule has 1 aliphatic rings. The maximum absolute atomic E-state index is 14.1. The Bertz CT molecular complexity index is 1790. The zero-order valence-electron chi connectivity index (χ0n) is 23.2. The number of ether oxygens (including phenoxy) is 4. The molecule has 1 aliphatic heterocycles. The molecule has 1 aromatic heterocycles. The van der Waals surface area contributed by atoms with E-state index in [0.717, 1.165) is 11.1 Å². The molecule has 4 aromatic rings. The van der Waals surface area contributed by atoms with Gasteiger partial charge in [-0.1, -0.05) is 59.9 Å². The number of aromatic nitrogens is 1. The second-order valence-corrected chi connectivity index (χ2v) is 10.1. The van der Waals surface area contributed by atoms with Gasteiger partial charge < -0.3 is 18.9 Å². The SMILES string of the molecule is CCOC(=O)C1=C(c2ccccc2)N=c2s/c(=C\c3cccc(OCC)c3)c(=O)n2[C@H]1c1ccc(OC)c(OC)c1. The van der Waals surface area contributed by atoms with Crippen molar-refractivity contribution in [3.63, 3.8) is 0 Å². The topological polar surface area (TPSA) is 88.4 Å². The van der Waals surface area contributed by atoms with Crippen LogP contribution in [0, 0.1) is 0 Å². The lowest BCUT2D eigenvalue weighted by molar-refractivity contribution is -0.138. The van der Waals surface area contributed by atoms with Crippen molar-refractivity contribution in [2.24, 2.45) is 4.99 Å². The smallest absolute Gasteiger partial charge is 0.338 e. The Kier molecular flexibility index (Phi) is 8.35. The number of thiazole rings is 1. The normalized spacial score (nSPS) is 14.7. The van der Waals surface area contributed by atoms with Gasteiger partial charge in [0.1, 0.15) is 5.75 Å². The monoisotopic (exact) mass is 570 g/mol. The Balaban J connectivity index is 1.81. The molecule has 0 radical (unpaired) electrons. The fraction of sp³-hybridized carbons (Fsp3) is 0.219. The van der Waals surface area contributed by atoms with Crippen LogP contribution < -0.4 is 29.1 Å². The molecule has 0 saturated carbocycles. The van der Waals surface area contributed by atoms with E-state index in [2.05, 4.69) is 0 Å². The van der Waals surface area contributed by atoms with Crippen molar-refractivity contribution in [2.45, 2.75) is 19.9 Å². The van der Waals surface area contributed by atoms with Crippen LogP contribution in [0.2, 0.25) is 0 Å². The molecule has 2 heterocycles. The lowest BCUT2D eigenvalue weighted by Crippen LogP contribution is -2.40. The first kappa shape index (κ1) is 27.9. The molecule has 0 aliphatic carbocycles. The summed E-state index contributed by atoms with van der Waals surface area (Å²) < 4.78 is 24.2. The minimum Gasteiger partial charge on any atom is -0.494 e. The van der Waals surface area contributed by atoms with E-state index in [-0.39, 0.29) is 17.7 Å². The molecule has 0 saturated heterocycles. The van der Waals surface area contributed by atoms with Gasteiger partial charge in [0.15, 0.2) is 16.3 Å². The van der Waals surface area contributed by atoms with Crippen molar-refractivity contribution in [1.29, 1.82) is 0 Å². The highest BCUT2D eigenvalue weighted by Gasteiger charge is 2.35. The van der Waals surface area contributed by atoms with E-state index in [0.29, 0.717) is 44.4 Å². The largest absolute Gasteiger partial charge is 0.494 e. The van der Waals surface area contributed by atoms with Crippen LogP contribution in [0.15, 0.2) is 88.2 Å². The summed E-state index contributed by atoms with van der Waals surface area (Å²) in [6.45, 7) is 4.38. The van der Waals surface area contributed by atoms with E-state index < -0.39 is 12.0 Å². The van der Waals surface area contributed by atoms with Gasteiger partial charge >= 0.3 is 5.97 Å². The molecular weight excluding hydrogens is 540 g/mol. The summed E-state index contributed by atoms with van der Waals surface area (Å²) in [6.07, 6.45) is 1.81. The third kappa shape index (κ3) is 5.53. The number of carbonyl (C=O) groups excluding carboxylic acids is 1. The van der Waals surface area contributed by atoms with Crippen LogP contribution in [0.5, 0.6) is 17.2 Å². The summed E-state index contributed by atoms with van der Waals surface area (Å²) in [6, 6.07) is 21.5. The minimum absolute atomic E-state index is 0.170. The summed E-state index contributed by atoms with van der Waals surface area (Å²) in [7, 11) is 3.10. The van der Waals surface area contributed by atoms with Crippen LogP contribution in [-0.2, 0) is 9.53 Å². The van der Waals surface area contributed by atoms with E-state index in [4.69, 9.17) is 23.9 Å². The van der Waals surface area contributed by atoms with Gasteiger partial charge in [0, 0.05) is 5.56 Å². The zero-order chi connectivity index (χ0) is 28.9. The number of methoxy groups -OCH3 is 2. The van der Waals surface area contributed by atoms with E-state index in [1.54, 1.807) is 37.8 Å². The predicted molar refractivity (Wildman–Crippen MR) is 158 cm³/mol. The lowest BCUT2D eigenvalue weighted by Gasteiger charge is -2.26. The van der Waals surface area contributed by atoms with Crippen LogP contribution in [-0.4, -0.2) is 38.0 Å². The Morgan fingerprint density at radius 1 is 0.951 bits per heavy atom. The van der Waals surface area contributed by atoms with Crippen molar-refractivity contribution >= 4 is 29.1 Å². The molecule has 5 rings (SSSR count). The molecule has 3 aromatic carbocycles. The molecule has 41 heavy (non-hydrogen) atoms. The van der Waals surface area contributed by atoms with E-state index in [1.807, 2.05) is 73.7 Å². The van der Waals surface area contributed by atoms with Gasteiger partial charge in [-0.2, -0.15) is 0 Å². The van der Waals surface area contributed by atoms with Crippen molar-refractivity contribution in [2.75, 3.05) is 27.4 Å². The number of carbonyl (C=O) groups is 1. The summed E-state index contributed by atoms with van der Waals surface area (Å²) in [4.78, 5) is 33.1. The Morgan fingerprint density at radius 3 is 2.44 bits per heavy atom. The molecule has 0 amide bonds. The molecule has 9 heteroatoms. The molecular formula is C32H30N2O6S. The fourth-order valence-corrected chi connectivity index (χ4v) is 5.79. The standard InChI is InChI=1S/C32H30N2O6S/c1-5-39-23-14-10-11-20(17-23)18-26-30(35)34-29(22-15-16-24(37-3)25(19-22)38-4)27(31(36)40-6-2)28(33-32(34)41-26)21-12-8-7-9-13-21/h7-19,29H,5-6H2,1-4H3/b26-18-/t29-/m0/s1. The van der Waals surface area contributed by atoms with Crippen LogP contribution >= 0.6 is 11.3 Å². The highest BCUT2D eigenvalue weighted by atomic mass is 32.1. The van der Waals surface area contributed by atoms with Crippen molar-refractivity contribution in [3.8, 4) is 17.2 Å². The van der Waals surface area contributed by atoms with Crippen LogP contribution in [0.3, 0.4) is 0 Å². The Hall–Kier alpha value is -4.63. The number of esters is 1. The molecule has 0 spiro atoms. The summed E-state index contributed by atoms with van der Waals surface area (Å²) in [5, 5.41) is 0. The third-order valence-corrected chi connectivity index (χ3v) is 7.55. The first-order chi connectivity index (χ1) is 20.0. The second kappa shape index (κ2) is 12.3. The third-order valence-electron chi connectivity index (χ3n) is 6.56. The number of nitrogens with zero attached hydrogens (tertiary/aromatic N) is 2. The van der Waals surface area contributed by atoms with Crippen molar-refractivity contribution in [3.05, 3.63) is 115 Å². The summed E-state index contributed by atoms with van der Waals surface area (Å²) >= 11 is 1.26. The first-order valence-corrected chi connectivity index (χ1v) is 14.0. The second-order valence-electron chi connectivity index (χ2n) is 9.05. The number of hydrogen-bond acceptors (Lipinski definition) is 8. The number of fused-ring (bicyclic) bond motifs is 1. The van der Waals surface area contributed by atoms with Crippen LogP contribution in [0.1, 0.15) is 36.6 Å². The highest BCUT2D eigenvalue weighted by molar-refractivity contribution is 7.07. The van der Waals surface area contributed by atoms with E-state index in [1.165, 1.54) is 11.3 Å². The van der Waals surface area contributed by atoms with Crippen molar-refractivity contribution in [1.82, 2.24) is 4.57 Å². The minimum atomic E-state index is -0.822. The van der Waals surface area contributed by atoms with Gasteiger partial charge in [-0.3, -0.25) is 9.36 Å². The van der Waals surface area contributed by atoms with E-state index >= 15 is 0 Å². The maximum atomic E-state index is 14.1. The number of benzene rings is 3. The van der Waals surface area contributed by atoms with Gasteiger partial charge in [-0.15, -0.1) is 0 Å².